The molecule has 2 rings (SSSR count). The van der Waals surface area contributed by atoms with E-state index in [4.69, 9.17) is 5.84 Å². The predicted molar refractivity (Wildman–Crippen MR) is 74.5 cm³/mol. The molecule has 118 valence electrons. The second-order valence-electron chi connectivity index (χ2n) is 5.44. The number of nitrogens with zero attached hydrogens (tertiary/aromatic N) is 2. The Bertz CT molecular complexity index is 471. The van der Waals surface area contributed by atoms with Gasteiger partial charge in [0.05, 0.1) is 0 Å². The molecular weight excluding hydrogens is 283 g/mol. The topological polar surface area (TPSA) is 75.9 Å². The summed E-state index contributed by atoms with van der Waals surface area (Å²) in [6.07, 6.45) is 1.15. The fourth-order valence-corrected chi connectivity index (χ4v) is 2.71. The lowest BCUT2D eigenvalue weighted by molar-refractivity contribution is -0.144. The van der Waals surface area contributed by atoms with Crippen LogP contribution in [0.4, 0.5) is 24.8 Å². The minimum atomic E-state index is -4.60. The molecule has 1 atom stereocenters. The second-order valence-corrected chi connectivity index (χ2v) is 5.44. The van der Waals surface area contributed by atoms with Crippen molar-refractivity contribution in [1.82, 2.24) is 9.97 Å². The van der Waals surface area contributed by atoms with Crippen molar-refractivity contribution in [2.75, 3.05) is 10.7 Å². The van der Waals surface area contributed by atoms with Gasteiger partial charge in [-0.05, 0) is 25.7 Å². The van der Waals surface area contributed by atoms with Crippen molar-refractivity contribution < 1.29 is 13.2 Å². The third kappa shape index (κ3) is 4.20. The molecule has 0 amide bonds. The van der Waals surface area contributed by atoms with Crippen LogP contribution in [-0.4, -0.2) is 16.0 Å². The molecule has 8 heteroatoms. The van der Waals surface area contributed by atoms with Crippen LogP contribution < -0.4 is 16.6 Å². The first-order valence-corrected chi connectivity index (χ1v) is 7.09. The van der Waals surface area contributed by atoms with Crippen LogP contribution in [0.1, 0.15) is 44.9 Å². The number of aromatic nitrogens is 2. The summed E-state index contributed by atoms with van der Waals surface area (Å²) in [5, 5.41) is 3.05. The fraction of sp³-hybridized carbons (Fsp3) is 0.692. The highest BCUT2D eigenvalue weighted by molar-refractivity contribution is 5.47. The third-order valence-electron chi connectivity index (χ3n) is 3.86. The van der Waals surface area contributed by atoms with Crippen molar-refractivity contribution in [3.8, 4) is 0 Å². The molecule has 1 aromatic rings. The first kappa shape index (κ1) is 15.8. The van der Waals surface area contributed by atoms with E-state index in [1.165, 1.54) is 25.3 Å². The number of nitrogens with one attached hydrogen (secondary N) is 2. The van der Waals surface area contributed by atoms with E-state index in [1.54, 1.807) is 0 Å². The van der Waals surface area contributed by atoms with Crippen LogP contribution in [0, 0.1) is 5.92 Å². The maximum Gasteiger partial charge on any atom is 0.451 e. The van der Waals surface area contributed by atoms with Gasteiger partial charge in [-0.3, -0.25) is 0 Å². The molecule has 1 saturated carbocycles. The van der Waals surface area contributed by atoms with Crippen molar-refractivity contribution >= 4 is 11.6 Å². The Hall–Kier alpha value is -1.57. The molecule has 5 nitrogen and oxygen atoms in total. The van der Waals surface area contributed by atoms with Crippen LogP contribution in [0.25, 0.3) is 0 Å². The van der Waals surface area contributed by atoms with Crippen molar-refractivity contribution in [3.63, 3.8) is 0 Å². The van der Waals surface area contributed by atoms with Gasteiger partial charge < -0.3 is 10.7 Å². The van der Waals surface area contributed by atoms with Crippen LogP contribution in [0.3, 0.4) is 0 Å². The molecule has 1 unspecified atom stereocenters. The number of rotatable bonds is 4. The van der Waals surface area contributed by atoms with E-state index in [-0.39, 0.29) is 17.7 Å². The zero-order chi connectivity index (χ0) is 15.5. The number of hydrogen-bond acceptors (Lipinski definition) is 5. The SMILES string of the molecule is CC(Nc1cc(NN)nc(C(F)(F)F)n1)C1CCCCC1. The molecule has 0 spiro atoms. The van der Waals surface area contributed by atoms with Gasteiger partial charge in [-0.25, -0.2) is 15.8 Å². The van der Waals surface area contributed by atoms with Crippen molar-refractivity contribution in [2.24, 2.45) is 11.8 Å². The van der Waals surface area contributed by atoms with Gasteiger partial charge in [-0.2, -0.15) is 13.2 Å². The predicted octanol–water partition coefficient (Wildman–Crippen LogP) is 3.16. The molecular formula is C13H20F3N5. The van der Waals surface area contributed by atoms with Gasteiger partial charge >= 0.3 is 6.18 Å². The second kappa shape index (κ2) is 6.46. The number of hydrazine groups is 1. The molecule has 21 heavy (non-hydrogen) atoms. The highest BCUT2D eigenvalue weighted by Crippen LogP contribution is 2.30. The Balaban J connectivity index is 2.14. The number of alkyl halides is 3. The van der Waals surface area contributed by atoms with Crippen LogP contribution in [-0.2, 0) is 6.18 Å². The molecule has 4 N–H and O–H groups in total. The van der Waals surface area contributed by atoms with Crippen molar-refractivity contribution in [2.45, 2.75) is 51.2 Å². The molecule has 1 aromatic heterocycles. The first-order chi connectivity index (χ1) is 9.90. The van der Waals surface area contributed by atoms with Crippen molar-refractivity contribution in [3.05, 3.63) is 11.9 Å². The number of nitrogens with two attached hydrogens (primary N) is 1. The zero-order valence-electron chi connectivity index (χ0n) is 11.9. The summed E-state index contributed by atoms with van der Waals surface area (Å²) >= 11 is 0. The smallest absolute Gasteiger partial charge is 0.367 e. The van der Waals surface area contributed by atoms with Gasteiger partial charge in [0.25, 0.3) is 0 Å². The van der Waals surface area contributed by atoms with Crippen molar-refractivity contribution in [1.29, 1.82) is 0 Å². The maximum absolute atomic E-state index is 12.8. The van der Waals surface area contributed by atoms with Gasteiger partial charge in [0.1, 0.15) is 11.6 Å². The monoisotopic (exact) mass is 303 g/mol. The number of nitrogen functional groups attached to an aromatic ring is 1. The number of anilines is 2. The zero-order valence-corrected chi connectivity index (χ0v) is 11.9. The van der Waals surface area contributed by atoms with E-state index in [0.29, 0.717) is 5.92 Å². The minimum Gasteiger partial charge on any atom is -0.367 e. The lowest BCUT2D eigenvalue weighted by Crippen LogP contribution is -2.28. The van der Waals surface area contributed by atoms with E-state index in [2.05, 4.69) is 20.7 Å². The summed E-state index contributed by atoms with van der Waals surface area (Å²) in [5.74, 6) is 4.51. The van der Waals surface area contributed by atoms with E-state index >= 15 is 0 Å². The Kier molecular flexibility index (Phi) is 4.87. The minimum absolute atomic E-state index is 0.0596. The first-order valence-electron chi connectivity index (χ1n) is 7.09. The van der Waals surface area contributed by atoms with E-state index in [9.17, 15) is 13.2 Å². The maximum atomic E-state index is 12.8. The normalized spacial score (nSPS) is 18.3. The quantitative estimate of drug-likeness (QED) is 0.588. The van der Waals surface area contributed by atoms with Gasteiger partial charge in [0, 0.05) is 12.1 Å². The number of hydrogen-bond donors (Lipinski definition) is 3. The van der Waals surface area contributed by atoms with E-state index in [0.717, 1.165) is 12.8 Å². The fourth-order valence-electron chi connectivity index (χ4n) is 2.71. The Morgan fingerprint density at radius 3 is 2.38 bits per heavy atom. The molecule has 1 heterocycles. The highest BCUT2D eigenvalue weighted by Gasteiger charge is 2.35. The van der Waals surface area contributed by atoms with Crippen LogP contribution >= 0.6 is 0 Å². The summed E-state index contributed by atoms with van der Waals surface area (Å²) in [5.41, 5.74) is 2.14. The summed E-state index contributed by atoms with van der Waals surface area (Å²) < 4.78 is 38.3. The van der Waals surface area contributed by atoms with Crippen LogP contribution in [0.2, 0.25) is 0 Å². The molecule has 0 aliphatic heterocycles. The number of halogens is 3. The molecule has 0 aromatic carbocycles. The summed E-state index contributed by atoms with van der Waals surface area (Å²) in [7, 11) is 0. The van der Waals surface area contributed by atoms with Gasteiger partial charge in [-0.1, -0.05) is 19.3 Å². The van der Waals surface area contributed by atoms with Gasteiger partial charge in [0.15, 0.2) is 0 Å². The summed E-state index contributed by atoms with van der Waals surface area (Å²) in [6, 6.07) is 1.45. The average molecular weight is 303 g/mol. The Morgan fingerprint density at radius 1 is 1.19 bits per heavy atom. The third-order valence-corrected chi connectivity index (χ3v) is 3.86. The Morgan fingerprint density at radius 2 is 1.81 bits per heavy atom. The molecule has 1 fully saturated rings. The lowest BCUT2D eigenvalue weighted by Gasteiger charge is -2.28. The molecule has 0 bridgehead atoms. The molecule has 0 radical (unpaired) electrons. The average Bonchev–Trinajstić information content (AvgIpc) is 2.46. The Labute approximate surface area is 121 Å². The molecule has 1 aliphatic carbocycles. The molecule has 0 saturated heterocycles. The van der Waals surface area contributed by atoms with E-state index in [1.807, 2.05) is 6.92 Å². The standard InChI is InChI=1S/C13H20F3N5/c1-8(9-5-3-2-4-6-9)18-10-7-11(21-17)20-12(19-10)13(14,15)16/h7-9H,2-6,17H2,1H3,(H2,18,19,20,21). The largest absolute Gasteiger partial charge is 0.451 e. The summed E-state index contributed by atoms with van der Waals surface area (Å²) in [6.45, 7) is 1.97. The highest BCUT2D eigenvalue weighted by atomic mass is 19.4. The van der Waals surface area contributed by atoms with Gasteiger partial charge in [0.2, 0.25) is 5.82 Å². The van der Waals surface area contributed by atoms with Crippen LogP contribution in [0.15, 0.2) is 6.07 Å². The van der Waals surface area contributed by atoms with E-state index < -0.39 is 12.0 Å². The molecule has 1 aliphatic rings. The summed E-state index contributed by atoms with van der Waals surface area (Å²) in [4.78, 5) is 6.88. The lowest BCUT2D eigenvalue weighted by atomic mass is 9.84. The van der Waals surface area contributed by atoms with Gasteiger partial charge in [-0.15, -0.1) is 0 Å². The van der Waals surface area contributed by atoms with Crippen LogP contribution in [0.5, 0.6) is 0 Å².